The van der Waals surface area contributed by atoms with Crippen LogP contribution in [-0.4, -0.2) is 0 Å². The summed E-state index contributed by atoms with van der Waals surface area (Å²) in [7, 11) is 0. The topological polar surface area (TPSA) is 13.1 Å². The predicted octanol–water partition coefficient (Wildman–Crippen LogP) is 4.25. The highest BCUT2D eigenvalue weighted by molar-refractivity contribution is 5.84. The molecule has 0 bridgehead atoms. The molecule has 0 aliphatic rings. The average Bonchev–Trinajstić information content (AvgIpc) is 2.52. The molecule has 1 nitrogen and oxygen atoms in total. The highest BCUT2D eigenvalue weighted by Gasteiger charge is 2.07. The number of benzene rings is 1. The van der Waals surface area contributed by atoms with Gasteiger partial charge in [0, 0.05) is 10.9 Å². The van der Waals surface area contributed by atoms with E-state index >= 15 is 0 Å². The molecule has 0 saturated heterocycles. The second-order valence-corrected chi connectivity index (χ2v) is 3.69. The van der Waals surface area contributed by atoms with E-state index in [2.05, 4.69) is 38.6 Å². The van der Waals surface area contributed by atoms with Crippen LogP contribution in [0.3, 0.4) is 0 Å². The Hall–Kier alpha value is -1.76. The van der Waals surface area contributed by atoms with Gasteiger partial charge in [0.25, 0.3) is 0 Å². The van der Waals surface area contributed by atoms with Crippen molar-refractivity contribution in [2.24, 2.45) is 0 Å². The summed E-state index contributed by atoms with van der Waals surface area (Å²) in [6.45, 7) is 7.78. The van der Waals surface area contributed by atoms with Crippen LogP contribution in [-0.2, 0) is 0 Å². The van der Waals surface area contributed by atoms with Crippen molar-refractivity contribution in [3.8, 4) is 0 Å². The van der Waals surface area contributed by atoms with Crippen molar-refractivity contribution < 1.29 is 4.42 Å². The van der Waals surface area contributed by atoms with E-state index < -0.39 is 0 Å². The molecule has 76 valence electrons. The smallest absolute Gasteiger partial charge is 0.135 e. The fourth-order valence-corrected chi connectivity index (χ4v) is 1.67. The number of hydrogen-bond donors (Lipinski definition) is 0. The molecule has 2 aromatic rings. The van der Waals surface area contributed by atoms with E-state index in [0.717, 1.165) is 11.3 Å². The summed E-state index contributed by atoms with van der Waals surface area (Å²) in [5.74, 6) is 0.913. The van der Waals surface area contributed by atoms with E-state index in [1.165, 1.54) is 16.5 Å². The molecule has 0 spiro atoms. The van der Waals surface area contributed by atoms with E-state index in [1.54, 1.807) is 6.08 Å². The molecular formula is C14H14O. The van der Waals surface area contributed by atoms with Crippen LogP contribution in [0.15, 0.2) is 41.3 Å². The maximum absolute atomic E-state index is 5.75. The Morgan fingerprint density at radius 1 is 1.27 bits per heavy atom. The lowest BCUT2D eigenvalue weighted by atomic mass is 10.1. The predicted molar refractivity (Wildman–Crippen MR) is 64.9 cm³/mol. The summed E-state index contributed by atoms with van der Waals surface area (Å²) < 4.78 is 5.75. The van der Waals surface area contributed by atoms with Crippen molar-refractivity contribution in [1.29, 1.82) is 0 Å². The monoisotopic (exact) mass is 198 g/mol. The number of hydrogen-bond acceptors (Lipinski definition) is 1. The maximum atomic E-state index is 5.75. The van der Waals surface area contributed by atoms with Gasteiger partial charge in [-0.1, -0.05) is 30.9 Å². The standard InChI is InChI=1S/C14H14O/c1-4-5-6-13-11(3)12-8-7-10(2)9-14(12)15-13/h4-9H,1H2,2-3H3/b6-5-. The summed E-state index contributed by atoms with van der Waals surface area (Å²) in [5, 5.41) is 1.18. The first-order valence-corrected chi connectivity index (χ1v) is 5.01. The van der Waals surface area contributed by atoms with Gasteiger partial charge in [0.2, 0.25) is 0 Å². The van der Waals surface area contributed by atoms with Gasteiger partial charge in [0.15, 0.2) is 0 Å². The van der Waals surface area contributed by atoms with E-state index in [-0.39, 0.29) is 0 Å². The fourth-order valence-electron chi connectivity index (χ4n) is 1.67. The van der Waals surface area contributed by atoms with Crippen LogP contribution in [0.25, 0.3) is 17.0 Å². The van der Waals surface area contributed by atoms with Gasteiger partial charge < -0.3 is 4.42 Å². The molecular weight excluding hydrogens is 184 g/mol. The molecule has 15 heavy (non-hydrogen) atoms. The molecule has 1 heteroatoms. The third-order valence-electron chi connectivity index (χ3n) is 2.51. The molecule has 0 saturated carbocycles. The van der Waals surface area contributed by atoms with Crippen LogP contribution in [0.2, 0.25) is 0 Å². The second kappa shape index (κ2) is 3.77. The molecule has 0 radical (unpaired) electrons. The third kappa shape index (κ3) is 1.73. The summed E-state index contributed by atoms with van der Waals surface area (Å²) >= 11 is 0. The van der Waals surface area contributed by atoms with Gasteiger partial charge in [-0.2, -0.15) is 0 Å². The van der Waals surface area contributed by atoms with Crippen molar-refractivity contribution in [3.05, 3.63) is 53.8 Å². The number of fused-ring (bicyclic) bond motifs is 1. The first-order chi connectivity index (χ1) is 7.22. The first-order valence-electron chi connectivity index (χ1n) is 5.01. The molecule has 0 unspecified atom stereocenters. The Labute approximate surface area is 89.7 Å². The van der Waals surface area contributed by atoms with E-state index in [4.69, 9.17) is 4.42 Å². The Morgan fingerprint density at radius 3 is 2.80 bits per heavy atom. The minimum Gasteiger partial charge on any atom is -0.456 e. The molecule has 1 heterocycles. The molecule has 0 N–H and O–H groups in total. The van der Waals surface area contributed by atoms with Crippen LogP contribution in [0.4, 0.5) is 0 Å². The molecule has 0 aliphatic carbocycles. The lowest BCUT2D eigenvalue weighted by Crippen LogP contribution is -1.72. The zero-order valence-electron chi connectivity index (χ0n) is 9.08. The number of rotatable bonds is 2. The summed E-state index contributed by atoms with van der Waals surface area (Å²) in [6.07, 6.45) is 5.58. The number of aryl methyl sites for hydroxylation is 2. The van der Waals surface area contributed by atoms with E-state index in [1.807, 2.05) is 12.2 Å². The van der Waals surface area contributed by atoms with Crippen LogP contribution in [0, 0.1) is 13.8 Å². The molecule has 1 aromatic carbocycles. The van der Waals surface area contributed by atoms with E-state index in [9.17, 15) is 0 Å². The van der Waals surface area contributed by atoms with E-state index in [0.29, 0.717) is 0 Å². The second-order valence-electron chi connectivity index (χ2n) is 3.69. The Kier molecular flexibility index (Phi) is 2.46. The van der Waals surface area contributed by atoms with Crippen LogP contribution >= 0.6 is 0 Å². The number of furan rings is 1. The lowest BCUT2D eigenvalue weighted by molar-refractivity contribution is 0.601. The van der Waals surface area contributed by atoms with Gasteiger partial charge >= 0.3 is 0 Å². The van der Waals surface area contributed by atoms with Crippen LogP contribution in [0.1, 0.15) is 16.9 Å². The van der Waals surface area contributed by atoms with Crippen LogP contribution in [0.5, 0.6) is 0 Å². The SMILES string of the molecule is C=C/C=C\c1oc2cc(C)ccc2c1C. The quantitative estimate of drug-likeness (QED) is 0.657. The zero-order valence-corrected chi connectivity index (χ0v) is 9.08. The molecule has 1 aromatic heterocycles. The highest BCUT2D eigenvalue weighted by Crippen LogP contribution is 2.26. The van der Waals surface area contributed by atoms with Crippen molar-refractivity contribution in [2.75, 3.05) is 0 Å². The Balaban J connectivity index is 2.63. The van der Waals surface area contributed by atoms with Gasteiger partial charge in [-0.3, -0.25) is 0 Å². The minimum atomic E-state index is 0.913. The highest BCUT2D eigenvalue weighted by atomic mass is 16.3. The molecule has 0 aliphatic heterocycles. The molecule has 0 atom stereocenters. The van der Waals surface area contributed by atoms with Gasteiger partial charge in [-0.05, 0) is 31.6 Å². The van der Waals surface area contributed by atoms with Crippen molar-refractivity contribution in [3.63, 3.8) is 0 Å². The van der Waals surface area contributed by atoms with Gasteiger partial charge in [0.05, 0.1) is 0 Å². The molecule has 0 fully saturated rings. The van der Waals surface area contributed by atoms with Crippen LogP contribution < -0.4 is 0 Å². The Bertz CT molecular complexity index is 530. The summed E-state index contributed by atoms with van der Waals surface area (Å²) in [4.78, 5) is 0. The summed E-state index contributed by atoms with van der Waals surface area (Å²) in [6, 6.07) is 6.27. The van der Waals surface area contributed by atoms with Crippen molar-refractivity contribution >= 4 is 17.0 Å². The zero-order chi connectivity index (χ0) is 10.8. The first kappa shape index (κ1) is 9.78. The average molecular weight is 198 g/mol. The summed E-state index contributed by atoms with van der Waals surface area (Å²) in [5.41, 5.74) is 3.36. The minimum absolute atomic E-state index is 0.913. The normalized spacial score (nSPS) is 11.3. The fraction of sp³-hybridized carbons (Fsp3) is 0.143. The lowest BCUT2D eigenvalue weighted by Gasteiger charge is -1.90. The third-order valence-corrected chi connectivity index (χ3v) is 2.51. The largest absolute Gasteiger partial charge is 0.456 e. The molecule has 2 rings (SSSR count). The van der Waals surface area contributed by atoms with Gasteiger partial charge in [-0.25, -0.2) is 0 Å². The maximum Gasteiger partial charge on any atom is 0.135 e. The van der Waals surface area contributed by atoms with Crippen molar-refractivity contribution in [2.45, 2.75) is 13.8 Å². The molecule has 0 amide bonds. The number of allylic oxidation sites excluding steroid dienone is 2. The van der Waals surface area contributed by atoms with Crippen molar-refractivity contribution in [1.82, 2.24) is 0 Å². The van der Waals surface area contributed by atoms with Gasteiger partial charge in [-0.15, -0.1) is 0 Å². The van der Waals surface area contributed by atoms with Gasteiger partial charge in [0.1, 0.15) is 11.3 Å². The Morgan fingerprint density at radius 2 is 2.07 bits per heavy atom.